The third-order valence-electron chi connectivity index (χ3n) is 6.12. The van der Waals surface area contributed by atoms with E-state index >= 15 is 0 Å². The Labute approximate surface area is 169 Å². The van der Waals surface area contributed by atoms with Crippen LogP contribution in [0.5, 0.6) is 0 Å². The molecule has 0 saturated carbocycles. The van der Waals surface area contributed by atoms with Crippen LogP contribution in [-0.2, 0) is 36.1 Å². The van der Waals surface area contributed by atoms with Gasteiger partial charge in [-0.3, -0.25) is 4.79 Å². The van der Waals surface area contributed by atoms with Crippen molar-refractivity contribution in [3.63, 3.8) is 0 Å². The van der Waals surface area contributed by atoms with E-state index in [0.29, 0.717) is 12.8 Å². The van der Waals surface area contributed by atoms with Gasteiger partial charge < -0.3 is 10.4 Å². The number of aryl methyl sites for hydroxylation is 4. The molecular weight excluding hydrogens is 346 g/mol. The minimum absolute atomic E-state index is 0.0214. The molecule has 0 spiro atoms. The summed E-state index contributed by atoms with van der Waals surface area (Å²) >= 11 is 0. The van der Waals surface area contributed by atoms with Crippen LogP contribution in [-0.4, -0.2) is 17.1 Å². The van der Waals surface area contributed by atoms with Crippen molar-refractivity contribution in [3.8, 4) is 0 Å². The summed E-state index contributed by atoms with van der Waals surface area (Å²) < 4.78 is 0. The fourth-order valence-corrected chi connectivity index (χ4v) is 4.28. The van der Waals surface area contributed by atoms with Gasteiger partial charge in [-0.25, -0.2) is 0 Å². The summed E-state index contributed by atoms with van der Waals surface area (Å²) in [6.07, 6.45) is 4.79. The average molecular weight is 380 g/mol. The molecule has 3 nitrogen and oxygen atoms in total. The standard InChI is InChI=1S/C25H33NO2/c1-5-17-11-18(6-2)14-21(13-17)25(28,23-9-10-24(27)26-23)22-15-19(7-3)12-20(8-4)16-22/h11-16,23,28H,5-10H2,1-4H3,(H,26,27)/t23-/m0/s1. The predicted octanol–water partition coefficient (Wildman–Crippen LogP) is 4.45. The molecule has 3 rings (SSSR count). The smallest absolute Gasteiger partial charge is 0.220 e. The van der Waals surface area contributed by atoms with Crippen LogP contribution in [0.15, 0.2) is 36.4 Å². The van der Waals surface area contributed by atoms with Crippen molar-refractivity contribution in [3.05, 3.63) is 69.8 Å². The Kier molecular flexibility index (Phi) is 6.24. The maximum atomic E-state index is 12.2. The van der Waals surface area contributed by atoms with Gasteiger partial charge >= 0.3 is 0 Å². The van der Waals surface area contributed by atoms with Crippen molar-refractivity contribution in [2.24, 2.45) is 0 Å². The lowest BCUT2D eigenvalue weighted by atomic mass is 9.77. The van der Waals surface area contributed by atoms with Crippen molar-refractivity contribution >= 4 is 5.91 Å². The Morgan fingerprint density at radius 3 is 1.50 bits per heavy atom. The molecular formula is C25H33NO2. The Morgan fingerprint density at radius 2 is 1.21 bits per heavy atom. The monoisotopic (exact) mass is 379 g/mol. The topological polar surface area (TPSA) is 49.3 Å². The van der Waals surface area contributed by atoms with Crippen molar-refractivity contribution in [2.75, 3.05) is 0 Å². The van der Waals surface area contributed by atoms with Gasteiger partial charge in [-0.05, 0) is 65.5 Å². The van der Waals surface area contributed by atoms with Gasteiger partial charge in [0.2, 0.25) is 5.91 Å². The first kappa shape index (κ1) is 20.6. The van der Waals surface area contributed by atoms with Crippen molar-refractivity contribution in [1.29, 1.82) is 0 Å². The number of hydrogen-bond acceptors (Lipinski definition) is 2. The maximum Gasteiger partial charge on any atom is 0.220 e. The first-order valence-electron chi connectivity index (χ1n) is 10.7. The van der Waals surface area contributed by atoms with Gasteiger partial charge in [-0.15, -0.1) is 0 Å². The summed E-state index contributed by atoms with van der Waals surface area (Å²) in [6.45, 7) is 8.56. The summed E-state index contributed by atoms with van der Waals surface area (Å²) in [4.78, 5) is 12.0. The number of carbonyl (C=O) groups excluding carboxylic acids is 1. The van der Waals surface area contributed by atoms with Gasteiger partial charge in [0.25, 0.3) is 0 Å². The molecule has 1 heterocycles. The molecule has 150 valence electrons. The van der Waals surface area contributed by atoms with Gasteiger partial charge in [0.1, 0.15) is 5.60 Å². The third kappa shape index (κ3) is 3.86. The fraction of sp³-hybridized carbons (Fsp3) is 0.480. The molecule has 2 N–H and O–H groups in total. The highest BCUT2D eigenvalue weighted by Crippen LogP contribution is 2.39. The first-order chi connectivity index (χ1) is 13.4. The summed E-state index contributed by atoms with van der Waals surface area (Å²) in [6, 6.07) is 12.6. The third-order valence-corrected chi connectivity index (χ3v) is 6.12. The van der Waals surface area contributed by atoms with Gasteiger partial charge in [-0.1, -0.05) is 64.1 Å². The van der Waals surface area contributed by atoms with Gasteiger partial charge in [0, 0.05) is 6.42 Å². The summed E-state index contributed by atoms with van der Waals surface area (Å²) in [5.41, 5.74) is 5.45. The molecule has 0 aliphatic carbocycles. The van der Waals surface area contributed by atoms with Gasteiger partial charge in [0.05, 0.1) is 6.04 Å². The van der Waals surface area contributed by atoms with E-state index in [-0.39, 0.29) is 11.9 Å². The lowest BCUT2D eigenvalue weighted by Crippen LogP contribution is -2.47. The lowest BCUT2D eigenvalue weighted by Gasteiger charge is -2.36. The highest BCUT2D eigenvalue weighted by molar-refractivity contribution is 5.79. The second-order valence-electron chi connectivity index (χ2n) is 7.92. The molecule has 28 heavy (non-hydrogen) atoms. The van der Waals surface area contributed by atoms with E-state index < -0.39 is 5.60 Å². The van der Waals surface area contributed by atoms with Crippen molar-refractivity contribution in [1.82, 2.24) is 5.32 Å². The van der Waals surface area contributed by atoms with Crippen LogP contribution in [0.4, 0.5) is 0 Å². The molecule has 1 aliphatic rings. The molecule has 0 radical (unpaired) electrons. The second kappa shape index (κ2) is 8.48. The van der Waals surface area contributed by atoms with Crippen molar-refractivity contribution in [2.45, 2.75) is 77.9 Å². The molecule has 1 aliphatic heterocycles. The largest absolute Gasteiger partial charge is 0.378 e. The van der Waals surface area contributed by atoms with Crippen LogP contribution in [0.25, 0.3) is 0 Å². The number of nitrogens with one attached hydrogen (secondary N) is 1. The Balaban J connectivity index is 2.24. The molecule has 0 bridgehead atoms. The zero-order chi connectivity index (χ0) is 20.3. The predicted molar refractivity (Wildman–Crippen MR) is 115 cm³/mol. The molecule has 2 aromatic carbocycles. The Morgan fingerprint density at radius 1 is 0.821 bits per heavy atom. The van der Waals surface area contributed by atoms with Crippen LogP contribution in [0.2, 0.25) is 0 Å². The number of aliphatic hydroxyl groups is 1. The molecule has 1 fully saturated rings. The molecule has 1 atom stereocenters. The zero-order valence-electron chi connectivity index (χ0n) is 17.6. The van der Waals surface area contributed by atoms with E-state index in [2.05, 4.69) is 69.4 Å². The first-order valence-corrected chi connectivity index (χ1v) is 10.7. The summed E-state index contributed by atoms with van der Waals surface area (Å²) in [5, 5.41) is 15.3. The zero-order valence-corrected chi connectivity index (χ0v) is 17.6. The molecule has 3 heteroatoms. The SMILES string of the molecule is CCc1cc(CC)cc(C(O)(c2cc(CC)cc(CC)c2)[C@@H]2CCC(=O)N2)c1. The minimum atomic E-state index is -1.23. The van der Waals surface area contributed by atoms with Crippen LogP contribution in [0, 0.1) is 0 Å². The highest BCUT2D eigenvalue weighted by Gasteiger charge is 2.44. The molecule has 0 unspecified atom stereocenters. The molecule has 0 aromatic heterocycles. The maximum absolute atomic E-state index is 12.2. The van der Waals surface area contributed by atoms with E-state index in [1.165, 1.54) is 22.3 Å². The van der Waals surface area contributed by atoms with Gasteiger partial charge in [0.15, 0.2) is 0 Å². The number of carbonyl (C=O) groups is 1. The number of amides is 1. The highest BCUT2D eigenvalue weighted by atomic mass is 16.3. The van der Waals surface area contributed by atoms with E-state index in [9.17, 15) is 9.90 Å². The number of rotatable bonds is 7. The van der Waals surface area contributed by atoms with E-state index in [0.717, 1.165) is 36.8 Å². The fourth-order valence-electron chi connectivity index (χ4n) is 4.28. The van der Waals surface area contributed by atoms with Crippen LogP contribution < -0.4 is 5.32 Å². The molecule has 1 amide bonds. The Bertz CT molecular complexity index is 756. The Hall–Kier alpha value is -2.13. The summed E-state index contributed by atoms with van der Waals surface area (Å²) in [5.74, 6) is 0.0214. The molecule has 1 saturated heterocycles. The van der Waals surface area contributed by atoms with E-state index in [1.807, 2.05) is 0 Å². The summed E-state index contributed by atoms with van der Waals surface area (Å²) in [7, 11) is 0. The van der Waals surface area contributed by atoms with Crippen LogP contribution >= 0.6 is 0 Å². The van der Waals surface area contributed by atoms with Crippen LogP contribution in [0.3, 0.4) is 0 Å². The van der Waals surface area contributed by atoms with Crippen LogP contribution in [0.1, 0.15) is 73.9 Å². The van der Waals surface area contributed by atoms with Crippen molar-refractivity contribution < 1.29 is 9.90 Å². The van der Waals surface area contributed by atoms with E-state index in [1.54, 1.807) is 0 Å². The van der Waals surface area contributed by atoms with E-state index in [4.69, 9.17) is 0 Å². The quantitative estimate of drug-likeness (QED) is 0.747. The van der Waals surface area contributed by atoms with Gasteiger partial charge in [-0.2, -0.15) is 0 Å². The average Bonchev–Trinajstić information content (AvgIpc) is 3.18. The molecule has 2 aromatic rings. The normalized spacial score (nSPS) is 17.0. The minimum Gasteiger partial charge on any atom is -0.378 e. The second-order valence-corrected chi connectivity index (χ2v) is 7.92. The number of hydrogen-bond donors (Lipinski definition) is 2. The number of benzene rings is 2. The lowest BCUT2D eigenvalue weighted by molar-refractivity contribution is -0.120.